The molecule has 0 atom stereocenters. The van der Waals surface area contributed by atoms with E-state index in [2.05, 4.69) is 36.1 Å². The molecule has 0 unspecified atom stereocenters. The maximum Gasteiger partial charge on any atom is 0.155 e. The molecule has 17 heavy (non-hydrogen) atoms. The molecular weight excluding hydrogens is 232 g/mol. The first kappa shape index (κ1) is 13.8. The van der Waals surface area contributed by atoms with Crippen molar-refractivity contribution in [3.8, 4) is 0 Å². The van der Waals surface area contributed by atoms with Crippen LogP contribution in [0.2, 0.25) is 0 Å². The minimum absolute atomic E-state index is 0.0373. The predicted octanol–water partition coefficient (Wildman–Crippen LogP) is 2.49. The van der Waals surface area contributed by atoms with E-state index < -0.39 is 0 Å². The number of hydrogen-bond donors (Lipinski definition) is 2. The fourth-order valence-corrected chi connectivity index (χ4v) is 2.03. The number of thiocarbonyl (C=S) groups is 1. The summed E-state index contributed by atoms with van der Waals surface area (Å²) < 4.78 is 0. The lowest BCUT2D eigenvalue weighted by Gasteiger charge is -2.32. The van der Waals surface area contributed by atoms with E-state index in [4.69, 9.17) is 18.0 Å². The Bertz CT molecular complexity index is 380. The van der Waals surface area contributed by atoms with Gasteiger partial charge in [-0.3, -0.25) is 0 Å². The van der Waals surface area contributed by atoms with E-state index in [-0.39, 0.29) is 10.5 Å². The summed E-state index contributed by atoms with van der Waals surface area (Å²) in [4.78, 5) is 8.74. The maximum atomic E-state index is 5.65. The van der Waals surface area contributed by atoms with Crippen molar-refractivity contribution in [2.75, 3.05) is 5.32 Å². The average Bonchev–Trinajstić information content (AvgIpc) is 2.36. The second-order valence-electron chi connectivity index (χ2n) is 4.08. The van der Waals surface area contributed by atoms with Crippen LogP contribution in [0.3, 0.4) is 0 Å². The molecule has 3 N–H and O–H groups in total. The van der Waals surface area contributed by atoms with Gasteiger partial charge < -0.3 is 11.1 Å². The summed E-state index contributed by atoms with van der Waals surface area (Å²) in [6, 6.07) is 0. The van der Waals surface area contributed by atoms with Gasteiger partial charge in [-0.1, -0.05) is 33.0 Å². The molecule has 5 heteroatoms. The molecule has 1 heterocycles. The Morgan fingerprint density at radius 2 is 1.76 bits per heavy atom. The van der Waals surface area contributed by atoms with Gasteiger partial charge in [-0.15, -0.1) is 0 Å². The highest BCUT2D eigenvalue weighted by molar-refractivity contribution is 7.80. The number of hydrogen-bond acceptors (Lipinski definition) is 4. The van der Waals surface area contributed by atoms with Crippen molar-refractivity contribution in [1.82, 2.24) is 9.97 Å². The molecule has 0 aliphatic heterocycles. The Hall–Kier alpha value is -1.23. The van der Waals surface area contributed by atoms with Crippen LogP contribution < -0.4 is 11.1 Å². The van der Waals surface area contributed by atoms with Gasteiger partial charge in [-0.2, -0.15) is 0 Å². The zero-order valence-electron chi connectivity index (χ0n) is 10.7. The lowest BCUT2D eigenvalue weighted by molar-refractivity contribution is 0.418. The first-order valence-corrected chi connectivity index (χ1v) is 6.38. The highest BCUT2D eigenvalue weighted by atomic mass is 32.1. The molecule has 0 bridgehead atoms. The van der Waals surface area contributed by atoms with Gasteiger partial charge in [0.2, 0.25) is 0 Å². The molecule has 0 aliphatic rings. The number of nitrogens with zero attached hydrogens (tertiary/aromatic N) is 2. The van der Waals surface area contributed by atoms with E-state index in [1.165, 1.54) is 0 Å². The summed E-state index contributed by atoms with van der Waals surface area (Å²) >= 11 is 4.98. The van der Waals surface area contributed by atoms with Gasteiger partial charge in [0, 0.05) is 17.9 Å². The van der Waals surface area contributed by atoms with Crippen molar-refractivity contribution in [1.29, 1.82) is 0 Å². The fraction of sp³-hybridized carbons (Fsp3) is 0.583. The lowest BCUT2D eigenvalue weighted by Crippen LogP contribution is -2.37. The molecule has 0 saturated heterocycles. The van der Waals surface area contributed by atoms with Crippen LogP contribution in [0.4, 0.5) is 5.82 Å². The number of nitrogens with two attached hydrogens (primary N) is 1. The second kappa shape index (κ2) is 5.91. The number of aromatic nitrogens is 2. The van der Waals surface area contributed by atoms with E-state index in [1.807, 2.05) is 0 Å². The van der Waals surface area contributed by atoms with Crippen LogP contribution >= 0.6 is 12.2 Å². The Balaban J connectivity index is 3.05. The fourth-order valence-electron chi connectivity index (χ4n) is 1.88. The number of anilines is 1. The highest BCUT2D eigenvalue weighted by Gasteiger charge is 2.25. The third-order valence-corrected chi connectivity index (χ3v) is 3.54. The van der Waals surface area contributed by atoms with Crippen LogP contribution in [0, 0.1) is 0 Å². The minimum atomic E-state index is 0.0373. The monoisotopic (exact) mass is 252 g/mol. The quantitative estimate of drug-likeness (QED) is 0.762. The molecule has 0 amide bonds. The molecule has 1 rings (SSSR count). The molecule has 4 nitrogen and oxygen atoms in total. The smallest absolute Gasteiger partial charge is 0.155 e. The third kappa shape index (κ3) is 3.12. The summed E-state index contributed by atoms with van der Waals surface area (Å²) in [6.45, 7) is 6.49. The Morgan fingerprint density at radius 1 is 1.24 bits per heavy atom. The predicted molar refractivity (Wildman–Crippen MR) is 75.1 cm³/mol. The van der Waals surface area contributed by atoms with Crippen LogP contribution in [0.5, 0.6) is 0 Å². The summed E-state index contributed by atoms with van der Waals surface area (Å²) in [5.41, 5.74) is 6.26. The van der Waals surface area contributed by atoms with Crippen molar-refractivity contribution < 1.29 is 0 Å². The topological polar surface area (TPSA) is 63.8 Å². The van der Waals surface area contributed by atoms with Gasteiger partial charge in [0.25, 0.3) is 0 Å². The molecule has 0 fully saturated rings. The summed E-state index contributed by atoms with van der Waals surface area (Å²) in [5.74, 6) is 0.686. The normalized spacial score (nSPS) is 11.2. The van der Waals surface area contributed by atoms with E-state index in [0.29, 0.717) is 11.5 Å². The van der Waals surface area contributed by atoms with Crippen LogP contribution in [-0.4, -0.2) is 20.5 Å². The largest absolute Gasteiger partial charge is 0.388 e. The Kier molecular flexibility index (Phi) is 4.81. The third-order valence-electron chi connectivity index (χ3n) is 3.35. The minimum Gasteiger partial charge on any atom is -0.388 e. The van der Waals surface area contributed by atoms with Crippen LogP contribution in [0.25, 0.3) is 0 Å². The molecule has 0 saturated carbocycles. The SMILES string of the molecule is CCC(CC)(CC)Nc1nccnc1C(N)=S. The van der Waals surface area contributed by atoms with Gasteiger partial charge in [-0.25, -0.2) is 9.97 Å². The van der Waals surface area contributed by atoms with Crippen molar-refractivity contribution in [3.63, 3.8) is 0 Å². The molecule has 0 aromatic carbocycles. The zero-order valence-corrected chi connectivity index (χ0v) is 11.5. The lowest BCUT2D eigenvalue weighted by atomic mass is 9.90. The number of nitrogens with one attached hydrogen (secondary N) is 1. The van der Waals surface area contributed by atoms with Gasteiger partial charge in [0.05, 0.1) is 0 Å². The van der Waals surface area contributed by atoms with Crippen LogP contribution in [0.1, 0.15) is 45.7 Å². The van der Waals surface area contributed by atoms with Gasteiger partial charge in [0.1, 0.15) is 10.7 Å². The maximum absolute atomic E-state index is 5.65. The van der Waals surface area contributed by atoms with Crippen molar-refractivity contribution >= 4 is 23.0 Å². The Morgan fingerprint density at radius 3 is 2.24 bits per heavy atom. The van der Waals surface area contributed by atoms with Crippen LogP contribution in [0.15, 0.2) is 12.4 Å². The van der Waals surface area contributed by atoms with Crippen molar-refractivity contribution in [2.45, 2.75) is 45.6 Å². The first-order chi connectivity index (χ1) is 8.08. The molecule has 0 radical (unpaired) electrons. The molecule has 0 aliphatic carbocycles. The first-order valence-electron chi connectivity index (χ1n) is 5.97. The van der Waals surface area contributed by atoms with E-state index in [1.54, 1.807) is 12.4 Å². The summed E-state index contributed by atoms with van der Waals surface area (Å²) in [6.07, 6.45) is 6.31. The molecule has 1 aromatic rings. The van der Waals surface area contributed by atoms with Gasteiger partial charge in [-0.05, 0) is 19.3 Å². The number of rotatable bonds is 6. The van der Waals surface area contributed by atoms with Gasteiger partial charge >= 0.3 is 0 Å². The average molecular weight is 252 g/mol. The van der Waals surface area contributed by atoms with E-state index >= 15 is 0 Å². The zero-order chi connectivity index (χ0) is 12.9. The molecule has 1 aromatic heterocycles. The highest BCUT2D eigenvalue weighted by Crippen LogP contribution is 2.25. The van der Waals surface area contributed by atoms with Crippen molar-refractivity contribution in [3.05, 3.63) is 18.1 Å². The van der Waals surface area contributed by atoms with Gasteiger partial charge in [0.15, 0.2) is 5.82 Å². The summed E-state index contributed by atoms with van der Waals surface area (Å²) in [5, 5.41) is 3.45. The second-order valence-corrected chi connectivity index (χ2v) is 4.52. The van der Waals surface area contributed by atoms with Crippen molar-refractivity contribution in [2.24, 2.45) is 5.73 Å². The summed E-state index contributed by atoms with van der Waals surface area (Å²) in [7, 11) is 0. The standard InChI is InChI=1S/C12H20N4S/c1-4-12(5-2,6-3)16-11-9(10(13)17)14-7-8-15-11/h7-8H,4-6H2,1-3H3,(H2,13,17)(H,15,16). The van der Waals surface area contributed by atoms with Crippen LogP contribution in [-0.2, 0) is 0 Å². The molecule has 94 valence electrons. The van der Waals surface area contributed by atoms with E-state index in [9.17, 15) is 0 Å². The molecule has 0 spiro atoms. The Labute approximate surface area is 108 Å². The van der Waals surface area contributed by atoms with E-state index in [0.717, 1.165) is 19.3 Å². The molecular formula is C12H20N4S.